The maximum Gasteiger partial charge on any atom is 0.269 e. The van der Waals surface area contributed by atoms with E-state index in [1.807, 2.05) is 30.3 Å². The van der Waals surface area contributed by atoms with E-state index in [-0.39, 0.29) is 17.5 Å². The first-order valence-corrected chi connectivity index (χ1v) is 8.31. The van der Waals surface area contributed by atoms with E-state index in [0.717, 1.165) is 5.56 Å². The minimum Gasteiger partial charge on any atom is -0.258 e. The molecule has 2 aromatic carbocycles. The van der Waals surface area contributed by atoms with Gasteiger partial charge in [-0.3, -0.25) is 10.1 Å². The predicted molar refractivity (Wildman–Crippen MR) is 83.7 cm³/mol. The number of nitrogens with one attached hydrogen (secondary N) is 1. The van der Waals surface area contributed by atoms with E-state index in [9.17, 15) is 18.5 Å². The van der Waals surface area contributed by atoms with E-state index in [0.29, 0.717) is 5.56 Å². The summed E-state index contributed by atoms with van der Waals surface area (Å²) >= 11 is 0. The number of hydrogen-bond donors (Lipinski definition) is 1. The topological polar surface area (TPSA) is 89.3 Å². The lowest BCUT2D eigenvalue weighted by molar-refractivity contribution is -0.384. The fourth-order valence-corrected chi connectivity index (χ4v) is 3.44. The van der Waals surface area contributed by atoms with Gasteiger partial charge in [0.1, 0.15) is 0 Å². The molecule has 116 valence electrons. The van der Waals surface area contributed by atoms with Crippen LogP contribution in [0.15, 0.2) is 54.6 Å². The van der Waals surface area contributed by atoms with Gasteiger partial charge in [-0.25, -0.2) is 13.1 Å². The molecule has 6 nitrogen and oxygen atoms in total. The summed E-state index contributed by atoms with van der Waals surface area (Å²) in [6.45, 7) is 1.77. The van der Waals surface area contributed by atoms with Gasteiger partial charge in [0.15, 0.2) is 0 Å². The summed E-state index contributed by atoms with van der Waals surface area (Å²) in [6, 6.07) is 14.4. The van der Waals surface area contributed by atoms with Crippen molar-refractivity contribution in [2.45, 2.75) is 18.7 Å². The number of nitro benzene ring substituents is 1. The summed E-state index contributed by atoms with van der Waals surface area (Å²) in [5.41, 5.74) is 1.31. The van der Waals surface area contributed by atoms with Crippen LogP contribution in [0.1, 0.15) is 24.1 Å². The number of benzene rings is 2. The Hall–Kier alpha value is -2.25. The van der Waals surface area contributed by atoms with Crippen LogP contribution < -0.4 is 4.72 Å². The highest BCUT2D eigenvalue weighted by Crippen LogP contribution is 2.16. The van der Waals surface area contributed by atoms with Crippen molar-refractivity contribution in [3.05, 3.63) is 75.8 Å². The first-order chi connectivity index (χ1) is 10.4. The highest BCUT2D eigenvalue weighted by molar-refractivity contribution is 7.88. The normalized spacial score (nSPS) is 12.8. The van der Waals surface area contributed by atoms with Crippen LogP contribution >= 0.6 is 0 Å². The minimum atomic E-state index is -3.53. The van der Waals surface area contributed by atoms with Gasteiger partial charge < -0.3 is 0 Å². The standard InChI is InChI=1S/C15H16N2O4S/c1-12(14-5-3-2-4-6-14)16-22(20,21)11-13-7-9-15(10-8-13)17(18)19/h2-10,12,16H,11H2,1H3/t12-/m0/s1. The third kappa shape index (κ3) is 4.37. The molecule has 7 heteroatoms. The molecule has 0 amide bonds. The van der Waals surface area contributed by atoms with Gasteiger partial charge in [0.05, 0.1) is 10.7 Å². The lowest BCUT2D eigenvalue weighted by Crippen LogP contribution is -2.28. The van der Waals surface area contributed by atoms with E-state index in [1.165, 1.54) is 24.3 Å². The van der Waals surface area contributed by atoms with Gasteiger partial charge >= 0.3 is 0 Å². The van der Waals surface area contributed by atoms with E-state index in [4.69, 9.17) is 0 Å². The molecule has 0 aliphatic carbocycles. The number of nitrogens with zero attached hydrogens (tertiary/aromatic N) is 1. The van der Waals surface area contributed by atoms with Crippen LogP contribution in [0.25, 0.3) is 0 Å². The SMILES string of the molecule is C[C@H](NS(=O)(=O)Cc1ccc([N+](=O)[O-])cc1)c1ccccc1. The zero-order valence-corrected chi connectivity index (χ0v) is 12.8. The number of non-ortho nitro benzene ring substituents is 1. The van der Waals surface area contributed by atoms with Crippen molar-refractivity contribution in [3.63, 3.8) is 0 Å². The fraction of sp³-hybridized carbons (Fsp3) is 0.200. The van der Waals surface area contributed by atoms with Gasteiger partial charge in [-0.2, -0.15) is 0 Å². The average Bonchev–Trinajstić information content (AvgIpc) is 2.47. The molecule has 1 N–H and O–H groups in total. The zero-order chi connectivity index (χ0) is 16.2. The molecule has 0 spiro atoms. The molecule has 0 radical (unpaired) electrons. The summed E-state index contributed by atoms with van der Waals surface area (Å²) in [7, 11) is -3.53. The van der Waals surface area contributed by atoms with Gasteiger partial charge in [0.25, 0.3) is 5.69 Å². The lowest BCUT2D eigenvalue weighted by atomic mass is 10.1. The van der Waals surface area contributed by atoms with Gasteiger partial charge in [-0.05, 0) is 18.1 Å². The Morgan fingerprint density at radius 3 is 2.23 bits per heavy atom. The van der Waals surface area contributed by atoms with Crippen LogP contribution in [0.4, 0.5) is 5.69 Å². The van der Waals surface area contributed by atoms with E-state index in [2.05, 4.69) is 4.72 Å². The first kappa shape index (κ1) is 16.1. The van der Waals surface area contributed by atoms with Crippen molar-refractivity contribution < 1.29 is 13.3 Å². The Morgan fingerprint density at radius 2 is 1.68 bits per heavy atom. The summed E-state index contributed by atoms with van der Waals surface area (Å²) in [5, 5.41) is 10.6. The Balaban J connectivity index is 2.06. The monoisotopic (exact) mass is 320 g/mol. The quantitative estimate of drug-likeness (QED) is 0.654. The van der Waals surface area contributed by atoms with Crippen LogP contribution in [0.5, 0.6) is 0 Å². The molecule has 2 aromatic rings. The molecule has 22 heavy (non-hydrogen) atoms. The fourth-order valence-electron chi connectivity index (χ4n) is 2.05. The molecule has 0 bridgehead atoms. The summed E-state index contributed by atoms with van der Waals surface area (Å²) < 4.78 is 26.9. The van der Waals surface area contributed by atoms with Gasteiger partial charge in [-0.15, -0.1) is 0 Å². The summed E-state index contributed by atoms with van der Waals surface area (Å²) in [5.74, 6) is -0.220. The Bertz CT molecular complexity index is 743. The molecule has 0 saturated carbocycles. The molecule has 0 saturated heterocycles. The second-order valence-electron chi connectivity index (χ2n) is 4.93. The van der Waals surface area contributed by atoms with Crippen molar-refractivity contribution in [1.82, 2.24) is 4.72 Å². The van der Waals surface area contributed by atoms with Crippen LogP contribution in [-0.4, -0.2) is 13.3 Å². The van der Waals surface area contributed by atoms with Crippen molar-refractivity contribution in [3.8, 4) is 0 Å². The third-order valence-corrected chi connectivity index (χ3v) is 4.59. The summed E-state index contributed by atoms with van der Waals surface area (Å²) in [6.07, 6.45) is 0. The van der Waals surface area contributed by atoms with Crippen LogP contribution in [0.3, 0.4) is 0 Å². The van der Waals surface area contributed by atoms with Gasteiger partial charge in [-0.1, -0.05) is 42.5 Å². The van der Waals surface area contributed by atoms with E-state index < -0.39 is 14.9 Å². The van der Waals surface area contributed by atoms with Crippen molar-refractivity contribution in [2.75, 3.05) is 0 Å². The molecule has 0 aliphatic heterocycles. The second-order valence-corrected chi connectivity index (χ2v) is 6.69. The number of hydrogen-bond acceptors (Lipinski definition) is 4. The molecular formula is C15H16N2O4S. The number of nitro groups is 1. The van der Waals surface area contributed by atoms with Crippen molar-refractivity contribution in [1.29, 1.82) is 0 Å². The van der Waals surface area contributed by atoms with Crippen molar-refractivity contribution in [2.24, 2.45) is 0 Å². The largest absolute Gasteiger partial charge is 0.269 e. The lowest BCUT2D eigenvalue weighted by Gasteiger charge is -2.14. The first-order valence-electron chi connectivity index (χ1n) is 6.66. The third-order valence-electron chi connectivity index (χ3n) is 3.16. The van der Waals surface area contributed by atoms with E-state index in [1.54, 1.807) is 6.92 Å². The molecule has 1 atom stereocenters. The number of rotatable bonds is 6. The Kier molecular flexibility index (Phi) is 4.89. The Labute approximate surface area is 129 Å². The van der Waals surface area contributed by atoms with Crippen LogP contribution in [-0.2, 0) is 15.8 Å². The minimum absolute atomic E-state index is 0.0632. The molecular weight excluding hydrogens is 304 g/mol. The molecule has 0 fully saturated rings. The van der Waals surface area contributed by atoms with Crippen molar-refractivity contribution >= 4 is 15.7 Å². The van der Waals surface area contributed by atoms with Gasteiger partial charge in [0.2, 0.25) is 10.0 Å². The molecule has 0 aliphatic rings. The predicted octanol–water partition coefficient (Wildman–Crippen LogP) is 2.78. The average molecular weight is 320 g/mol. The molecule has 0 aromatic heterocycles. The van der Waals surface area contributed by atoms with Crippen LogP contribution in [0, 0.1) is 10.1 Å². The molecule has 2 rings (SSSR count). The summed E-state index contributed by atoms with van der Waals surface area (Å²) in [4.78, 5) is 10.1. The number of sulfonamides is 1. The maximum atomic E-state index is 12.2. The smallest absolute Gasteiger partial charge is 0.258 e. The second kappa shape index (κ2) is 6.67. The highest BCUT2D eigenvalue weighted by atomic mass is 32.2. The van der Waals surface area contributed by atoms with E-state index >= 15 is 0 Å². The maximum absolute atomic E-state index is 12.2. The van der Waals surface area contributed by atoms with Crippen LogP contribution in [0.2, 0.25) is 0 Å². The molecule has 0 unspecified atom stereocenters. The highest BCUT2D eigenvalue weighted by Gasteiger charge is 2.17. The zero-order valence-electron chi connectivity index (χ0n) is 12.0. The Morgan fingerprint density at radius 1 is 1.09 bits per heavy atom. The molecule has 0 heterocycles. The van der Waals surface area contributed by atoms with Gasteiger partial charge in [0, 0.05) is 18.2 Å².